The van der Waals surface area contributed by atoms with Crippen molar-refractivity contribution in [1.82, 2.24) is 20.9 Å². The molecule has 2 aromatic rings. The molecular formula is C26H40N8O6. The van der Waals surface area contributed by atoms with Crippen LogP contribution < -0.4 is 33.2 Å². The number of nitrogens with zero attached hydrogens (tertiary/aromatic N) is 1. The van der Waals surface area contributed by atoms with Crippen molar-refractivity contribution in [3.63, 3.8) is 0 Å². The van der Waals surface area contributed by atoms with Crippen LogP contribution in [-0.2, 0) is 25.6 Å². The van der Waals surface area contributed by atoms with Gasteiger partial charge in [-0.05, 0) is 37.3 Å². The van der Waals surface area contributed by atoms with Gasteiger partial charge in [0.1, 0.15) is 18.1 Å². The number of amides is 3. The molecule has 2 rings (SSSR count). The lowest BCUT2D eigenvalue weighted by atomic mass is 10.0. The average Bonchev–Trinajstić information content (AvgIpc) is 3.29. The van der Waals surface area contributed by atoms with E-state index in [2.05, 4.69) is 25.9 Å². The number of aliphatic hydroxyl groups excluding tert-OH is 1. The topological polar surface area (TPSA) is 251 Å². The lowest BCUT2D eigenvalue weighted by Crippen LogP contribution is -2.60. The predicted octanol–water partition coefficient (Wildman–Crippen LogP) is -1.33. The molecule has 220 valence electrons. The van der Waals surface area contributed by atoms with Crippen LogP contribution in [-0.4, -0.2) is 81.7 Å². The van der Waals surface area contributed by atoms with Crippen molar-refractivity contribution in [2.75, 3.05) is 6.54 Å². The van der Waals surface area contributed by atoms with Crippen molar-refractivity contribution < 1.29 is 29.4 Å². The molecule has 0 radical (unpaired) electrons. The Labute approximate surface area is 232 Å². The number of fused-ring (bicyclic) bond motifs is 1. The van der Waals surface area contributed by atoms with Crippen molar-refractivity contribution in [2.45, 2.75) is 70.3 Å². The van der Waals surface area contributed by atoms with Crippen LogP contribution in [0.1, 0.15) is 39.2 Å². The summed E-state index contributed by atoms with van der Waals surface area (Å²) in [4.78, 5) is 57.8. The normalized spacial score (nSPS) is 14.9. The van der Waals surface area contributed by atoms with Crippen LogP contribution in [0, 0.1) is 5.92 Å². The van der Waals surface area contributed by atoms with Crippen LogP contribution in [0.5, 0.6) is 0 Å². The number of carbonyl (C=O) groups is 4. The Bertz CT molecular complexity index is 1210. The van der Waals surface area contributed by atoms with E-state index in [4.69, 9.17) is 17.2 Å². The Balaban J connectivity index is 2.22. The van der Waals surface area contributed by atoms with E-state index in [1.807, 2.05) is 24.3 Å². The third kappa shape index (κ3) is 9.24. The fourth-order valence-corrected chi connectivity index (χ4v) is 4.07. The Morgan fingerprint density at radius 3 is 2.23 bits per heavy atom. The van der Waals surface area contributed by atoms with Gasteiger partial charge in [-0.15, -0.1) is 0 Å². The molecule has 0 fully saturated rings. The van der Waals surface area contributed by atoms with Crippen LogP contribution in [0.25, 0.3) is 10.9 Å². The molecule has 0 bridgehead atoms. The van der Waals surface area contributed by atoms with Crippen LogP contribution >= 0.6 is 0 Å². The van der Waals surface area contributed by atoms with Crippen LogP contribution in [0.15, 0.2) is 35.5 Å². The molecule has 5 unspecified atom stereocenters. The molecule has 14 heteroatoms. The molecule has 3 amide bonds. The number of para-hydroxylation sites is 1. The molecule has 0 aliphatic heterocycles. The molecule has 1 aromatic heterocycles. The summed E-state index contributed by atoms with van der Waals surface area (Å²) in [5.41, 5.74) is 18.0. The lowest BCUT2D eigenvalue weighted by molar-refractivity contribution is -0.143. The van der Waals surface area contributed by atoms with Gasteiger partial charge in [-0.2, -0.15) is 0 Å². The Morgan fingerprint density at radius 2 is 1.62 bits per heavy atom. The summed E-state index contributed by atoms with van der Waals surface area (Å²) < 4.78 is 0. The van der Waals surface area contributed by atoms with Crippen LogP contribution in [0.4, 0.5) is 0 Å². The van der Waals surface area contributed by atoms with Gasteiger partial charge in [-0.1, -0.05) is 32.0 Å². The van der Waals surface area contributed by atoms with Crippen molar-refractivity contribution in [2.24, 2.45) is 28.1 Å². The van der Waals surface area contributed by atoms with E-state index >= 15 is 0 Å². The summed E-state index contributed by atoms with van der Waals surface area (Å²) in [6.45, 7) is 4.86. The second-order valence-corrected chi connectivity index (χ2v) is 9.98. The van der Waals surface area contributed by atoms with Gasteiger partial charge >= 0.3 is 5.97 Å². The number of aromatic amines is 1. The molecule has 40 heavy (non-hydrogen) atoms. The third-order valence-electron chi connectivity index (χ3n) is 6.33. The number of aliphatic imine (C=N–C) groups is 1. The minimum atomic E-state index is -1.44. The molecule has 14 nitrogen and oxygen atoms in total. The van der Waals surface area contributed by atoms with Gasteiger partial charge in [0.25, 0.3) is 0 Å². The third-order valence-corrected chi connectivity index (χ3v) is 6.33. The number of aliphatic hydroxyl groups is 1. The number of benzene rings is 1. The van der Waals surface area contributed by atoms with E-state index in [0.717, 1.165) is 10.9 Å². The maximum absolute atomic E-state index is 13.3. The number of nitrogens with two attached hydrogens (primary N) is 3. The predicted molar refractivity (Wildman–Crippen MR) is 150 cm³/mol. The van der Waals surface area contributed by atoms with E-state index < -0.39 is 59.9 Å². The first kappa shape index (κ1) is 32.0. The minimum Gasteiger partial charge on any atom is -0.480 e. The van der Waals surface area contributed by atoms with E-state index in [-0.39, 0.29) is 25.3 Å². The smallest absolute Gasteiger partial charge is 0.326 e. The molecule has 0 aliphatic carbocycles. The first-order valence-electron chi connectivity index (χ1n) is 13.0. The number of hydrogen-bond acceptors (Lipinski definition) is 7. The average molecular weight is 561 g/mol. The SMILES string of the molecule is CC(C)C(NC(=O)C(Cc1c[nH]c2ccccc12)NC(=O)C(NC(=O)C(N)CCCN=C(N)N)C(C)O)C(=O)O. The van der Waals surface area contributed by atoms with Crippen LogP contribution in [0.2, 0.25) is 0 Å². The highest BCUT2D eigenvalue weighted by Gasteiger charge is 2.33. The number of carboxylic acid groups (broad SMARTS) is 1. The van der Waals surface area contributed by atoms with Crippen molar-refractivity contribution in [3.05, 3.63) is 36.0 Å². The fourth-order valence-electron chi connectivity index (χ4n) is 4.07. The molecular weight excluding hydrogens is 520 g/mol. The zero-order valence-corrected chi connectivity index (χ0v) is 22.9. The summed E-state index contributed by atoms with van der Waals surface area (Å²) >= 11 is 0. The van der Waals surface area contributed by atoms with E-state index in [0.29, 0.717) is 12.0 Å². The second kappa shape index (κ2) is 14.8. The first-order chi connectivity index (χ1) is 18.8. The number of aromatic nitrogens is 1. The number of carboxylic acids is 1. The van der Waals surface area contributed by atoms with Crippen molar-refractivity contribution in [3.8, 4) is 0 Å². The second-order valence-electron chi connectivity index (χ2n) is 9.98. The molecule has 12 N–H and O–H groups in total. The highest BCUT2D eigenvalue weighted by atomic mass is 16.4. The number of carbonyl (C=O) groups excluding carboxylic acids is 3. The van der Waals surface area contributed by atoms with E-state index in [1.54, 1.807) is 20.0 Å². The van der Waals surface area contributed by atoms with Crippen molar-refractivity contribution in [1.29, 1.82) is 0 Å². The number of rotatable bonds is 15. The molecule has 0 spiro atoms. The number of H-pyrrole nitrogens is 1. The zero-order valence-electron chi connectivity index (χ0n) is 22.9. The fraction of sp³-hybridized carbons (Fsp3) is 0.500. The standard InChI is InChI=1S/C26H40N8O6/c1-13(2)20(25(39)40)33-23(37)19(11-15-12-31-18-9-5-4-7-16(15)18)32-24(38)21(14(3)35)34-22(36)17(27)8-6-10-30-26(28)29/h4-5,7,9,12-14,17,19-21,31,35H,6,8,10-11,27H2,1-3H3,(H,32,38)(H,33,37)(H,34,36)(H,39,40)(H4,28,29,30). The minimum absolute atomic E-state index is 0.0107. The number of hydrogen-bond donors (Lipinski definition) is 9. The molecule has 0 aliphatic rings. The van der Waals surface area contributed by atoms with Gasteiger partial charge in [0, 0.05) is 30.1 Å². The summed E-state index contributed by atoms with van der Waals surface area (Å²) in [5.74, 6) is -3.99. The van der Waals surface area contributed by atoms with Crippen LogP contribution in [0.3, 0.4) is 0 Å². The summed E-state index contributed by atoms with van der Waals surface area (Å²) in [6, 6.07) is 2.51. The van der Waals surface area contributed by atoms with E-state index in [9.17, 15) is 29.4 Å². The Hall–Kier alpha value is -4.17. The molecule has 1 aromatic carbocycles. The summed E-state index contributed by atoms with van der Waals surface area (Å²) in [6.07, 6.45) is 0.997. The Kier molecular flexibility index (Phi) is 11.9. The van der Waals surface area contributed by atoms with Gasteiger partial charge in [0.15, 0.2) is 5.96 Å². The first-order valence-corrected chi connectivity index (χ1v) is 13.0. The quantitative estimate of drug-likeness (QED) is 0.0709. The highest BCUT2D eigenvalue weighted by molar-refractivity contribution is 5.95. The van der Waals surface area contributed by atoms with Gasteiger partial charge < -0.3 is 48.3 Å². The van der Waals surface area contributed by atoms with Crippen molar-refractivity contribution >= 4 is 40.6 Å². The van der Waals surface area contributed by atoms with Gasteiger partial charge in [-0.3, -0.25) is 19.4 Å². The van der Waals surface area contributed by atoms with Gasteiger partial charge in [-0.25, -0.2) is 4.79 Å². The maximum Gasteiger partial charge on any atom is 0.326 e. The number of guanidine groups is 1. The van der Waals surface area contributed by atoms with E-state index in [1.165, 1.54) is 6.92 Å². The summed E-state index contributed by atoms with van der Waals surface area (Å²) in [5, 5.41) is 28.1. The number of aliphatic carboxylic acids is 1. The maximum atomic E-state index is 13.3. The lowest BCUT2D eigenvalue weighted by Gasteiger charge is -2.27. The monoisotopic (exact) mass is 560 g/mol. The molecule has 5 atom stereocenters. The Morgan fingerprint density at radius 1 is 0.975 bits per heavy atom. The molecule has 0 saturated carbocycles. The molecule has 1 heterocycles. The van der Waals surface area contributed by atoms with Gasteiger partial charge in [0.05, 0.1) is 12.1 Å². The van der Waals surface area contributed by atoms with Gasteiger partial charge in [0.2, 0.25) is 17.7 Å². The highest BCUT2D eigenvalue weighted by Crippen LogP contribution is 2.19. The number of nitrogens with one attached hydrogen (secondary N) is 4. The zero-order chi connectivity index (χ0) is 30.0. The molecule has 0 saturated heterocycles. The largest absolute Gasteiger partial charge is 0.480 e. The summed E-state index contributed by atoms with van der Waals surface area (Å²) in [7, 11) is 0.